The van der Waals surface area contributed by atoms with Gasteiger partial charge in [-0.25, -0.2) is 4.98 Å². The monoisotopic (exact) mass is 231 g/mol. The fraction of sp³-hybridized carbons (Fsp3) is 0.417. The Morgan fingerprint density at radius 1 is 1.53 bits per heavy atom. The van der Waals surface area contributed by atoms with E-state index in [-0.39, 0.29) is 12.0 Å². The SMILES string of the molecule is N#Cc1ccc(N[C@H]2CC[C@@H](C(=O)O)C2)nc1. The molecule has 2 atom stereocenters. The zero-order chi connectivity index (χ0) is 12.3. The molecule has 0 bridgehead atoms. The quantitative estimate of drug-likeness (QED) is 0.825. The minimum absolute atomic E-state index is 0.163. The van der Waals surface area contributed by atoms with Crippen molar-refractivity contribution in [2.45, 2.75) is 25.3 Å². The first-order valence-electron chi connectivity index (χ1n) is 5.54. The van der Waals surface area contributed by atoms with E-state index >= 15 is 0 Å². The summed E-state index contributed by atoms with van der Waals surface area (Å²) >= 11 is 0. The third kappa shape index (κ3) is 2.72. The van der Waals surface area contributed by atoms with Crippen molar-refractivity contribution < 1.29 is 9.90 Å². The predicted molar refractivity (Wildman–Crippen MR) is 61.3 cm³/mol. The highest BCUT2D eigenvalue weighted by Crippen LogP contribution is 2.27. The van der Waals surface area contributed by atoms with Crippen molar-refractivity contribution in [2.75, 3.05) is 5.32 Å². The van der Waals surface area contributed by atoms with Crippen molar-refractivity contribution in [3.8, 4) is 6.07 Å². The van der Waals surface area contributed by atoms with Crippen LogP contribution in [-0.4, -0.2) is 22.1 Å². The highest BCUT2D eigenvalue weighted by molar-refractivity contribution is 5.70. The van der Waals surface area contributed by atoms with Gasteiger partial charge in [-0.2, -0.15) is 5.26 Å². The molecule has 0 spiro atoms. The van der Waals surface area contributed by atoms with Gasteiger partial charge in [0.2, 0.25) is 0 Å². The van der Waals surface area contributed by atoms with E-state index in [4.69, 9.17) is 10.4 Å². The number of aliphatic carboxylic acids is 1. The van der Waals surface area contributed by atoms with E-state index in [1.54, 1.807) is 12.1 Å². The maximum Gasteiger partial charge on any atom is 0.306 e. The Hall–Kier alpha value is -2.09. The van der Waals surface area contributed by atoms with Gasteiger partial charge in [-0.15, -0.1) is 0 Å². The topological polar surface area (TPSA) is 86.0 Å². The Morgan fingerprint density at radius 2 is 2.35 bits per heavy atom. The number of hydrogen-bond donors (Lipinski definition) is 2. The molecule has 5 heteroatoms. The molecule has 0 amide bonds. The lowest BCUT2D eigenvalue weighted by molar-refractivity contribution is -0.141. The normalized spacial score (nSPS) is 23.0. The van der Waals surface area contributed by atoms with Crippen LogP contribution in [0.2, 0.25) is 0 Å². The van der Waals surface area contributed by atoms with Gasteiger partial charge in [0.25, 0.3) is 0 Å². The molecule has 5 nitrogen and oxygen atoms in total. The molecule has 1 aliphatic rings. The summed E-state index contributed by atoms with van der Waals surface area (Å²) in [5.74, 6) is -0.270. The molecule has 0 aliphatic heterocycles. The smallest absolute Gasteiger partial charge is 0.306 e. The van der Waals surface area contributed by atoms with Crippen LogP contribution in [0.5, 0.6) is 0 Å². The second-order valence-corrected chi connectivity index (χ2v) is 4.23. The van der Waals surface area contributed by atoms with E-state index in [1.807, 2.05) is 6.07 Å². The Morgan fingerprint density at radius 3 is 2.88 bits per heavy atom. The zero-order valence-electron chi connectivity index (χ0n) is 9.26. The van der Waals surface area contributed by atoms with Crippen molar-refractivity contribution in [1.29, 1.82) is 5.26 Å². The van der Waals surface area contributed by atoms with Crippen molar-refractivity contribution in [3.05, 3.63) is 23.9 Å². The molecule has 1 aromatic rings. The third-order valence-electron chi connectivity index (χ3n) is 3.03. The largest absolute Gasteiger partial charge is 0.481 e. The molecule has 1 heterocycles. The summed E-state index contributed by atoms with van der Waals surface area (Å²) in [6.07, 6.45) is 3.70. The summed E-state index contributed by atoms with van der Waals surface area (Å²) in [5, 5.41) is 20.7. The molecule has 0 radical (unpaired) electrons. The fourth-order valence-corrected chi connectivity index (χ4v) is 2.09. The number of carbonyl (C=O) groups is 1. The number of nitriles is 1. The van der Waals surface area contributed by atoms with Gasteiger partial charge in [-0.05, 0) is 31.4 Å². The van der Waals surface area contributed by atoms with Gasteiger partial charge in [0.15, 0.2) is 0 Å². The van der Waals surface area contributed by atoms with Crippen molar-refractivity contribution in [1.82, 2.24) is 4.98 Å². The van der Waals surface area contributed by atoms with Crippen LogP contribution in [0.4, 0.5) is 5.82 Å². The van der Waals surface area contributed by atoms with Gasteiger partial charge in [-0.3, -0.25) is 4.79 Å². The second kappa shape index (κ2) is 4.83. The third-order valence-corrected chi connectivity index (χ3v) is 3.03. The van der Waals surface area contributed by atoms with E-state index in [0.717, 1.165) is 6.42 Å². The molecule has 88 valence electrons. The minimum Gasteiger partial charge on any atom is -0.481 e. The molecule has 1 aromatic heterocycles. The molecule has 1 saturated carbocycles. The number of carboxylic acids is 1. The van der Waals surface area contributed by atoms with Crippen molar-refractivity contribution >= 4 is 11.8 Å². The molecule has 1 aliphatic carbocycles. The Labute approximate surface area is 99.1 Å². The molecule has 2 rings (SSSR count). The molecular formula is C12H13N3O2. The lowest BCUT2D eigenvalue weighted by Gasteiger charge is -2.12. The maximum absolute atomic E-state index is 10.8. The molecule has 2 N–H and O–H groups in total. The van der Waals surface area contributed by atoms with Crippen LogP contribution in [0.25, 0.3) is 0 Å². The Balaban J connectivity index is 1.94. The maximum atomic E-state index is 10.8. The minimum atomic E-state index is -0.720. The van der Waals surface area contributed by atoms with E-state index in [9.17, 15) is 4.79 Å². The molecular weight excluding hydrogens is 218 g/mol. The number of nitrogens with one attached hydrogen (secondary N) is 1. The molecule has 17 heavy (non-hydrogen) atoms. The van der Waals surface area contributed by atoms with Crippen LogP contribution in [0, 0.1) is 17.2 Å². The highest BCUT2D eigenvalue weighted by Gasteiger charge is 2.29. The lowest BCUT2D eigenvalue weighted by atomic mass is 10.1. The standard InChI is InChI=1S/C12H13N3O2/c13-6-8-1-4-11(14-7-8)15-10-3-2-9(5-10)12(16)17/h1,4,7,9-10H,2-3,5H2,(H,14,15)(H,16,17)/t9-,10+/m1/s1. The molecule has 0 unspecified atom stereocenters. The first-order valence-corrected chi connectivity index (χ1v) is 5.54. The number of carboxylic acid groups (broad SMARTS) is 1. The summed E-state index contributed by atoms with van der Waals surface area (Å²) in [7, 11) is 0. The highest BCUT2D eigenvalue weighted by atomic mass is 16.4. The van der Waals surface area contributed by atoms with Crippen LogP contribution in [0.3, 0.4) is 0 Å². The van der Waals surface area contributed by atoms with E-state index in [2.05, 4.69) is 10.3 Å². The number of pyridine rings is 1. The van der Waals surface area contributed by atoms with Gasteiger partial charge >= 0.3 is 5.97 Å². The summed E-state index contributed by atoms with van der Waals surface area (Å²) < 4.78 is 0. The lowest BCUT2D eigenvalue weighted by Crippen LogP contribution is -2.18. The zero-order valence-corrected chi connectivity index (χ0v) is 9.26. The number of anilines is 1. The van der Waals surface area contributed by atoms with Crippen LogP contribution >= 0.6 is 0 Å². The molecule has 1 fully saturated rings. The van der Waals surface area contributed by atoms with Gasteiger partial charge in [-0.1, -0.05) is 0 Å². The van der Waals surface area contributed by atoms with Crippen LogP contribution in [0.1, 0.15) is 24.8 Å². The van der Waals surface area contributed by atoms with Crippen molar-refractivity contribution in [2.24, 2.45) is 5.92 Å². The van der Waals surface area contributed by atoms with E-state index in [1.165, 1.54) is 6.20 Å². The van der Waals surface area contributed by atoms with Crippen molar-refractivity contribution in [3.63, 3.8) is 0 Å². The molecule has 0 saturated heterocycles. The summed E-state index contributed by atoms with van der Waals surface area (Å²) in [5.41, 5.74) is 0.519. The molecule has 0 aromatic carbocycles. The van der Waals surface area contributed by atoms with Crippen LogP contribution < -0.4 is 5.32 Å². The van der Waals surface area contributed by atoms with E-state index < -0.39 is 5.97 Å². The number of aromatic nitrogens is 1. The predicted octanol–water partition coefficient (Wildman–Crippen LogP) is 1.62. The average molecular weight is 231 g/mol. The van der Waals surface area contributed by atoms with E-state index in [0.29, 0.717) is 24.2 Å². The van der Waals surface area contributed by atoms with Gasteiger partial charge in [0.1, 0.15) is 11.9 Å². The summed E-state index contributed by atoms with van der Waals surface area (Å²) in [6.45, 7) is 0. The summed E-state index contributed by atoms with van der Waals surface area (Å²) in [4.78, 5) is 14.9. The second-order valence-electron chi connectivity index (χ2n) is 4.23. The van der Waals surface area contributed by atoms with Gasteiger partial charge in [0.05, 0.1) is 11.5 Å². The van der Waals surface area contributed by atoms with Gasteiger partial charge < -0.3 is 10.4 Å². The Bertz CT molecular complexity index is 450. The van der Waals surface area contributed by atoms with Crippen LogP contribution in [-0.2, 0) is 4.79 Å². The number of hydrogen-bond acceptors (Lipinski definition) is 4. The first kappa shape index (κ1) is 11.4. The summed E-state index contributed by atoms with van der Waals surface area (Å²) in [6, 6.07) is 5.60. The number of rotatable bonds is 3. The average Bonchev–Trinajstić information content (AvgIpc) is 2.79. The number of nitrogens with zero attached hydrogens (tertiary/aromatic N) is 2. The fourth-order valence-electron chi connectivity index (χ4n) is 2.09. The van der Waals surface area contributed by atoms with Gasteiger partial charge in [0, 0.05) is 12.2 Å². The first-order chi connectivity index (χ1) is 8.19. The Kier molecular flexibility index (Phi) is 3.24. The van der Waals surface area contributed by atoms with Crippen LogP contribution in [0.15, 0.2) is 18.3 Å².